The quantitative estimate of drug-likeness (QED) is 0.517. The lowest BCUT2D eigenvalue weighted by atomic mass is 10.0. The molecule has 6 nitrogen and oxygen atoms in total. The molecule has 0 unspecified atom stereocenters. The van der Waals surface area contributed by atoms with E-state index >= 15 is 0 Å². The molecule has 0 radical (unpaired) electrons. The van der Waals surface area contributed by atoms with Gasteiger partial charge in [0.2, 0.25) is 5.91 Å². The van der Waals surface area contributed by atoms with Gasteiger partial charge >= 0.3 is 0 Å². The number of nitrogens with one attached hydrogen (secondary N) is 2. The number of benzene rings is 3. The third-order valence-electron chi connectivity index (χ3n) is 5.99. The van der Waals surface area contributed by atoms with Crippen LogP contribution < -0.4 is 10.6 Å². The maximum atomic E-state index is 13.3. The van der Waals surface area contributed by atoms with Crippen molar-refractivity contribution in [2.75, 3.05) is 18.4 Å². The summed E-state index contributed by atoms with van der Waals surface area (Å²) in [5, 5.41) is 6.29. The third-order valence-corrected chi connectivity index (χ3v) is 5.99. The number of carbonyl (C=O) groups is 2. The van der Waals surface area contributed by atoms with Gasteiger partial charge in [-0.05, 0) is 54.3 Å². The van der Waals surface area contributed by atoms with Crippen LogP contribution in [0.25, 0.3) is 11.1 Å². The summed E-state index contributed by atoms with van der Waals surface area (Å²) in [5.41, 5.74) is 5.70. The molecule has 4 rings (SSSR count). The van der Waals surface area contributed by atoms with Gasteiger partial charge in [0.15, 0.2) is 0 Å². The van der Waals surface area contributed by atoms with Crippen LogP contribution in [0.5, 0.6) is 0 Å². The number of nitrogens with zero attached hydrogens (tertiary/aromatic N) is 1. The van der Waals surface area contributed by atoms with Crippen LogP contribution >= 0.6 is 0 Å². The zero-order valence-corrected chi connectivity index (χ0v) is 20.6. The molecule has 6 heteroatoms. The van der Waals surface area contributed by atoms with Crippen LogP contribution in [0, 0.1) is 0 Å². The minimum Gasteiger partial charge on any atom is -0.372 e. The number of carbonyl (C=O) groups excluding carboxylic acids is 2. The zero-order valence-electron chi connectivity index (χ0n) is 20.6. The predicted molar refractivity (Wildman–Crippen MR) is 139 cm³/mol. The molecule has 35 heavy (non-hydrogen) atoms. The molecule has 0 saturated carbocycles. The van der Waals surface area contributed by atoms with Crippen molar-refractivity contribution in [3.63, 3.8) is 0 Å². The molecule has 3 aromatic rings. The van der Waals surface area contributed by atoms with Crippen molar-refractivity contribution in [1.82, 2.24) is 10.2 Å². The van der Waals surface area contributed by atoms with Gasteiger partial charge in [0.25, 0.3) is 5.91 Å². The SMILES string of the molecule is CC(=O)Nc1cc(CNCc2ccc(-c3ccccc3)cc2)cc(C(=O)N2C[C@@H](C)O[C@@H](C)C2)c1. The van der Waals surface area contributed by atoms with Crippen molar-refractivity contribution in [2.24, 2.45) is 0 Å². The summed E-state index contributed by atoms with van der Waals surface area (Å²) in [6, 6.07) is 24.4. The Morgan fingerprint density at radius 3 is 2.14 bits per heavy atom. The first kappa shape index (κ1) is 24.6. The van der Waals surface area contributed by atoms with Crippen LogP contribution in [0.1, 0.15) is 42.3 Å². The fourth-order valence-corrected chi connectivity index (χ4v) is 4.52. The highest BCUT2D eigenvalue weighted by Crippen LogP contribution is 2.21. The Hall–Kier alpha value is -3.48. The van der Waals surface area contributed by atoms with Gasteiger partial charge in [-0.15, -0.1) is 0 Å². The first-order valence-electron chi connectivity index (χ1n) is 12.1. The van der Waals surface area contributed by atoms with Crippen LogP contribution in [0.2, 0.25) is 0 Å². The van der Waals surface area contributed by atoms with E-state index in [4.69, 9.17) is 4.74 Å². The molecular weight excluding hydrogens is 438 g/mol. The molecule has 0 spiro atoms. The van der Waals surface area contributed by atoms with E-state index in [9.17, 15) is 9.59 Å². The number of rotatable bonds is 7. The number of amides is 2. The highest BCUT2D eigenvalue weighted by Gasteiger charge is 2.27. The molecule has 2 amide bonds. The Kier molecular flexibility index (Phi) is 7.95. The number of anilines is 1. The Morgan fingerprint density at radius 2 is 1.49 bits per heavy atom. The monoisotopic (exact) mass is 471 g/mol. The molecule has 1 aliphatic heterocycles. The molecule has 182 valence electrons. The van der Waals surface area contributed by atoms with E-state index in [-0.39, 0.29) is 24.0 Å². The summed E-state index contributed by atoms with van der Waals surface area (Å²) >= 11 is 0. The first-order chi connectivity index (χ1) is 16.9. The molecule has 1 heterocycles. The van der Waals surface area contributed by atoms with Crippen molar-refractivity contribution < 1.29 is 14.3 Å². The Bertz CT molecular complexity index is 1150. The lowest BCUT2D eigenvalue weighted by Gasteiger charge is -2.35. The number of hydrogen-bond donors (Lipinski definition) is 2. The summed E-state index contributed by atoms with van der Waals surface area (Å²) in [7, 11) is 0. The van der Waals surface area contributed by atoms with Gasteiger partial charge < -0.3 is 20.3 Å². The van der Waals surface area contributed by atoms with Gasteiger partial charge in [-0.1, -0.05) is 54.6 Å². The van der Waals surface area contributed by atoms with Gasteiger partial charge in [-0.2, -0.15) is 0 Å². The third kappa shape index (κ3) is 6.78. The van der Waals surface area contributed by atoms with Gasteiger partial charge in [0.1, 0.15) is 0 Å². The standard InChI is InChI=1S/C29H33N3O3/c1-20-18-32(19-21(2)35-20)29(34)27-13-24(14-28(15-27)31-22(3)33)17-30-16-23-9-11-26(12-10-23)25-7-5-4-6-8-25/h4-15,20-21,30H,16-19H2,1-3H3,(H,31,33)/t20-,21+. The summed E-state index contributed by atoms with van der Waals surface area (Å²) in [5.74, 6) is -0.211. The average molecular weight is 472 g/mol. The summed E-state index contributed by atoms with van der Waals surface area (Å²) in [4.78, 5) is 26.8. The molecule has 1 aliphatic rings. The molecule has 2 atom stereocenters. The largest absolute Gasteiger partial charge is 0.372 e. The minimum absolute atomic E-state index is 0.00403. The maximum absolute atomic E-state index is 13.3. The van der Waals surface area contributed by atoms with E-state index in [0.717, 1.165) is 5.56 Å². The molecule has 0 aliphatic carbocycles. The highest BCUT2D eigenvalue weighted by molar-refractivity contribution is 5.97. The smallest absolute Gasteiger partial charge is 0.254 e. The van der Waals surface area contributed by atoms with Crippen LogP contribution in [0.15, 0.2) is 72.8 Å². The second-order valence-corrected chi connectivity index (χ2v) is 9.23. The minimum atomic E-state index is -0.166. The van der Waals surface area contributed by atoms with E-state index in [1.165, 1.54) is 23.6 Å². The van der Waals surface area contributed by atoms with Gasteiger partial charge in [0.05, 0.1) is 12.2 Å². The van der Waals surface area contributed by atoms with Crippen molar-refractivity contribution in [2.45, 2.75) is 46.1 Å². The van der Waals surface area contributed by atoms with Crippen molar-refractivity contribution in [1.29, 1.82) is 0 Å². The van der Waals surface area contributed by atoms with Crippen LogP contribution in [0.4, 0.5) is 5.69 Å². The highest BCUT2D eigenvalue weighted by atomic mass is 16.5. The average Bonchev–Trinajstić information content (AvgIpc) is 2.83. The summed E-state index contributed by atoms with van der Waals surface area (Å²) in [6.07, 6.45) is -0.00807. The lowest BCUT2D eigenvalue weighted by molar-refractivity contribution is -0.114. The van der Waals surface area contributed by atoms with E-state index < -0.39 is 0 Å². The molecule has 2 N–H and O–H groups in total. The number of hydrogen-bond acceptors (Lipinski definition) is 4. The normalized spacial score (nSPS) is 17.7. The van der Waals surface area contributed by atoms with Crippen LogP contribution in [0.3, 0.4) is 0 Å². The summed E-state index contributed by atoms with van der Waals surface area (Å²) < 4.78 is 5.77. The van der Waals surface area contributed by atoms with E-state index in [2.05, 4.69) is 47.0 Å². The molecule has 3 aromatic carbocycles. The Labute approximate surface area is 207 Å². The molecule has 0 aromatic heterocycles. The fraction of sp³-hybridized carbons (Fsp3) is 0.310. The van der Waals surface area contributed by atoms with E-state index in [1.807, 2.05) is 49.1 Å². The second kappa shape index (κ2) is 11.3. The van der Waals surface area contributed by atoms with Gasteiger partial charge in [-0.25, -0.2) is 0 Å². The fourth-order valence-electron chi connectivity index (χ4n) is 4.52. The summed E-state index contributed by atoms with van der Waals surface area (Å²) in [6.45, 7) is 7.80. The Balaban J connectivity index is 1.44. The van der Waals surface area contributed by atoms with Crippen molar-refractivity contribution >= 4 is 17.5 Å². The maximum Gasteiger partial charge on any atom is 0.254 e. The van der Waals surface area contributed by atoms with E-state index in [0.29, 0.717) is 37.4 Å². The van der Waals surface area contributed by atoms with E-state index in [1.54, 1.807) is 6.07 Å². The number of morpholine rings is 1. The van der Waals surface area contributed by atoms with Gasteiger partial charge in [-0.3, -0.25) is 9.59 Å². The van der Waals surface area contributed by atoms with Crippen molar-refractivity contribution in [3.05, 3.63) is 89.5 Å². The van der Waals surface area contributed by atoms with Gasteiger partial charge in [0, 0.05) is 44.4 Å². The van der Waals surface area contributed by atoms with Crippen LogP contribution in [-0.4, -0.2) is 42.0 Å². The lowest BCUT2D eigenvalue weighted by Crippen LogP contribution is -2.48. The molecule has 1 saturated heterocycles. The molecule has 1 fully saturated rings. The number of ether oxygens (including phenoxy) is 1. The topological polar surface area (TPSA) is 70.7 Å². The Morgan fingerprint density at radius 1 is 0.857 bits per heavy atom. The predicted octanol–water partition coefficient (Wildman–Crippen LogP) is 4.85. The van der Waals surface area contributed by atoms with Crippen molar-refractivity contribution in [3.8, 4) is 11.1 Å². The molecular formula is C29H33N3O3. The van der Waals surface area contributed by atoms with Crippen LogP contribution in [-0.2, 0) is 22.6 Å². The molecule has 0 bridgehead atoms. The first-order valence-corrected chi connectivity index (χ1v) is 12.1. The second-order valence-electron chi connectivity index (χ2n) is 9.23. The zero-order chi connectivity index (χ0) is 24.8.